The van der Waals surface area contributed by atoms with Gasteiger partial charge in [0.1, 0.15) is 5.82 Å². The van der Waals surface area contributed by atoms with Crippen molar-refractivity contribution in [1.82, 2.24) is 10.3 Å². The van der Waals surface area contributed by atoms with Gasteiger partial charge in [-0.05, 0) is 30.7 Å². The smallest absolute Gasteiger partial charge is 0.319 e. The van der Waals surface area contributed by atoms with Crippen molar-refractivity contribution in [2.24, 2.45) is 0 Å². The third kappa shape index (κ3) is 3.51. The van der Waals surface area contributed by atoms with Gasteiger partial charge in [0.15, 0.2) is 0 Å². The summed E-state index contributed by atoms with van der Waals surface area (Å²) in [6.07, 6.45) is 3.34. The van der Waals surface area contributed by atoms with E-state index in [1.165, 1.54) is 12.1 Å². The second kappa shape index (κ2) is 5.95. The van der Waals surface area contributed by atoms with Crippen LogP contribution in [0.15, 0.2) is 48.8 Å². The van der Waals surface area contributed by atoms with Crippen LogP contribution in [0.5, 0.6) is 0 Å². The molecule has 19 heavy (non-hydrogen) atoms. The molecule has 0 bridgehead atoms. The number of hydrogen-bond donors (Lipinski definition) is 2. The molecule has 1 atom stereocenters. The van der Waals surface area contributed by atoms with Crippen LogP contribution in [0.2, 0.25) is 0 Å². The molecule has 4 nitrogen and oxygen atoms in total. The van der Waals surface area contributed by atoms with Crippen molar-refractivity contribution < 1.29 is 9.18 Å². The number of nitrogens with zero attached hydrogens (tertiary/aromatic N) is 1. The maximum absolute atomic E-state index is 13.4. The van der Waals surface area contributed by atoms with E-state index < -0.39 is 11.8 Å². The number of anilines is 1. The van der Waals surface area contributed by atoms with Gasteiger partial charge in [0.05, 0.1) is 11.7 Å². The lowest BCUT2D eigenvalue weighted by Crippen LogP contribution is -2.31. The quantitative estimate of drug-likeness (QED) is 0.889. The minimum atomic E-state index is -0.466. The fourth-order valence-electron chi connectivity index (χ4n) is 1.63. The zero-order valence-electron chi connectivity index (χ0n) is 10.4. The highest BCUT2D eigenvalue weighted by atomic mass is 19.1. The summed E-state index contributed by atoms with van der Waals surface area (Å²) < 4.78 is 13.4. The number of benzene rings is 1. The van der Waals surface area contributed by atoms with Gasteiger partial charge in [-0.3, -0.25) is 4.98 Å². The van der Waals surface area contributed by atoms with E-state index >= 15 is 0 Å². The maximum Gasteiger partial charge on any atom is 0.319 e. The van der Waals surface area contributed by atoms with Crippen LogP contribution in [-0.4, -0.2) is 11.0 Å². The summed E-state index contributed by atoms with van der Waals surface area (Å²) in [6, 6.07) is 9.01. The number of para-hydroxylation sites is 1. The van der Waals surface area contributed by atoms with Crippen LogP contribution in [0, 0.1) is 5.82 Å². The fraction of sp³-hybridized carbons (Fsp3) is 0.143. The molecule has 0 spiro atoms. The summed E-state index contributed by atoms with van der Waals surface area (Å²) in [5, 5.41) is 5.18. The number of pyridine rings is 1. The summed E-state index contributed by atoms with van der Waals surface area (Å²) in [6.45, 7) is 1.83. The average Bonchev–Trinajstić information content (AvgIpc) is 2.42. The first kappa shape index (κ1) is 13.0. The van der Waals surface area contributed by atoms with E-state index in [1.807, 2.05) is 13.0 Å². The molecular weight excluding hydrogens is 245 g/mol. The Morgan fingerprint density at radius 3 is 2.74 bits per heavy atom. The van der Waals surface area contributed by atoms with Gasteiger partial charge in [-0.15, -0.1) is 0 Å². The first-order chi connectivity index (χ1) is 9.16. The number of aromatic nitrogens is 1. The number of carbonyl (C=O) groups is 1. The first-order valence-electron chi connectivity index (χ1n) is 5.89. The summed E-state index contributed by atoms with van der Waals surface area (Å²) in [5.41, 5.74) is 1.03. The molecule has 0 aliphatic heterocycles. The normalized spacial score (nSPS) is 11.7. The van der Waals surface area contributed by atoms with Crippen LogP contribution in [-0.2, 0) is 0 Å². The number of nitrogens with one attached hydrogen (secondary N) is 2. The topological polar surface area (TPSA) is 54.0 Å². The van der Waals surface area contributed by atoms with Crippen LogP contribution in [0.1, 0.15) is 18.5 Å². The van der Waals surface area contributed by atoms with Gasteiger partial charge < -0.3 is 10.6 Å². The SMILES string of the molecule is C[C@H](NC(=O)Nc1ccccc1F)c1cccnc1. The van der Waals surface area contributed by atoms with Crippen molar-refractivity contribution in [3.63, 3.8) is 0 Å². The summed E-state index contributed by atoms with van der Waals surface area (Å²) in [4.78, 5) is 15.7. The molecule has 2 amide bonds. The highest BCUT2D eigenvalue weighted by Gasteiger charge is 2.10. The molecule has 5 heteroatoms. The molecule has 0 aliphatic carbocycles. The second-order valence-corrected chi connectivity index (χ2v) is 4.09. The van der Waals surface area contributed by atoms with E-state index in [9.17, 15) is 9.18 Å². The largest absolute Gasteiger partial charge is 0.331 e. The molecule has 0 radical (unpaired) electrons. The number of halogens is 1. The Hall–Kier alpha value is -2.43. The number of carbonyl (C=O) groups excluding carboxylic acids is 1. The van der Waals surface area contributed by atoms with Crippen LogP contribution in [0.3, 0.4) is 0 Å². The standard InChI is InChI=1S/C14H14FN3O/c1-10(11-5-4-8-16-9-11)17-14(19)18-13-7-3-2-6-12(13)15/h2-10H,1H3,(H2,17,18,19)/t10-/m0/s1. The number of rotatable bonds is 3. The van der Waals surface area contributed by atoms with Crippen LogP contribution < -0.4 is 10.6 Å². The first-order valence-corrected chi connectivity index (χ1v) is 5.89. The Kier molecular flexibility index (Phi) is 4.07. The Morgan fingerprint density at radius 1 is 1.26 bits per heavy atom. The third-order valence-corrected chi connectivity index (χ3v) is 2.65. The molecule has 2 rings (SSSR count). The second-order valence-electron chi connectivity index (χ2n) is 4.09. The fourth-order valence-corrected chi connectivity index (χ4v) is 1.63. The minimum Gasteiger partial charge on any atom is -0.331 e. The van der Waals surface area contributed by atoms with Gasteiger partial charge in [-0.1, -0.05) is 18.2 Å². The monoisotopic (exact) mass is 259 g/mol. The zero-order valence-corrected chi connectivity index (χ0v) is 10.4. The molecule has 2 N–H and O–H groups in total. The van der Waals surface area contributed by atoms with Gasteiger partial charge in [0, 0.05) is 12.4 Å². The van der Waals surface area contributed by atoms with Crippen LogP contribution in [0.25, 0.3) is 0 Å². The van der Waals surface area contributed by atoms with E-state index in [4.69, 9.17) is 0 Å². The molecule has 98 valence electrons. The van der Waals surface area contributed by atoms with Crippen LogP contribution in [0.4, 0.5) is 14.9 Å². The molecule has 1 heterocycles. The lowest BCUT2D eigenvalue weighted by atomic mass is 10.1. The van der Waals surface area contributed by atoms with Gasteiger partial charge in [-0.2, -0.15) is 0 Å². The molecule has 1 aromatic carbocycles. The zero-order chi connectivity index (χ0) is 13.7. The van der Waals surface area contributed by atoms with Crippen molar-refractivity contribution in [1.29, 1.82) is 0 Å². The number of hydrogen-bond acceptors (Lipinski definition) is 2. The van der Waals surface area contributed by atoms with E-state index in [0.717, 1.165) is 5.56 Å². The molecule has 0 saturated heterocycles. The van der Waals surface area contributed by atoms with Crippen molar-refractivity contribution in [3.05, 3.63) is 60.2 Å². The average molecular weight is 259 g/mol. The molecule has 0 unspecified atom stereocenters. The van der Waals surface area contributed by atoms with Crippen molar-refractivity contribution >= 4 is 11.7 Å². The van der Waals surface area contributed by atoms with Crippen molar-refractivity contribution in [2.75, 3.05) is 5.32 Å². The molecule has 0 aliphatic rings. The summed E-state index contributed by atoms with van der Waals surface area (Å²) >= 11 is 0. The Labute approximate surface area is 110 Å². The maximum atomic E-state index is 13.4. The number of amides is 2. The van der Waals surface area contributed by atoms with E-state index in [2.05, 4.69) is 15.6 Å². The van der Waals surface area contributed by atoms with Crippen LogP contribution >= 0.6 is 0 Å². The lowest BCUT2D eigenvalue weighted by molar-refractivity contribution is 0.249. The van der Waals surface area contributed by atoms with Crippen molar-refractivity contribution in [2.45, 2.75) is 13.0 Å². The predicted octanol–water partition coefficient (Wildman–Crippen LogP) is 3.10. The third-order valence-electron chi connectivity index (χ3n) is 2.65. The van der Waals surface area contributed by atoms with E-state index in [0.29, 0.717) is 0 Å². The van der Waals surface area contributed by atoms with Gasteiger partial charge in [0.25, 0.3) is 0 Å². The molecule has 0 saturated carbocycles. The highest BCUT2D eigenvalue weighted by molar-refractivity contribution is 5.89. The summed E-state index contributed by atoms with van der Waals surface area (Å²) in [7, 11) is 0. The van der Waals surface area contributed by atoms with Gasteiger partial charge >= 0.3 is 6.03 Å². The lowest BCUT2D eigenvalue weighted by Gasteiger charge is -2.14. The Morgan fingerprint density at radius 2 is 2.05 bits per heavy atom. The molecule has 0 fully saturated rings. The number of urea groups is 1. The van der Waals surface area contributed by atoms with Crippen molar-refractivity contribution in [3.8, 4) is 0 Å². The minimum absolute atomic E-state index is 0.151. The Bertz CT molecular complexity index is 560. The predicted molar refractivity (Wildman–Crippen MR) is 71.2 cm³/mol. The van der Waals surface area contributed by atoms with Gasteiger partial charge in [0.2, 0.25) is 0 Å². The molecule has 1 aromatic heterocycles. The molecule has 2 aromatic rings. The molecular formula is C14H14FN3O. The summed E-state index contributed by atoms with van der Waals surface area (Å²) in [5.74, 6) is -0.466. The van der Waals surface area contributed by atoms with E-state index in [1.54, 1.807) is 30.6 Å². The van der Waals surface area contributed by atoms with Gasteiger partial charge in [-0.25, -0.2) is 9.18 Å². The highest BCUT2D eigenvalue weighted by Crippen LogP contribution is 2.13. The van der Waals surface area contributed by atoms with E-state index in [-0.39, 0.29) is 11.7 Å². The Balaban J connectivity index is 1.97.